The van der Waals surface area contributed by atoms with Crippen molar-refractivity contribution in [1.82, 2.24) is 10.6 Å². The number of halogens is 3. The molecule has 4 N–H and O–H groups in total. The summed E-state index contributed by atoms with van der Waals surface area (Å²) in [5, 5.41) is 17.0. The fourth-order valence-electron chi connectivity index (χ4n) is 1.47. The molecule has 9 heteroatoms. The number of benzene rings is 1. The Morgan fingerprint density at radius 2 is 1.65 bits per heavy atom. The van der Waals surface area contributed by atoms with Crippen molar-refractivity contribution in [3.63, 3.8) is 0 Å². The number of nitrogens with zero attached hydrogens (tertiary/aromatic N) is 1. The van der Waals surface area contributed by atoms with Crippen molar-refractivity contribution in [3.05, 3.63) is 39.9 Å². The molecule has 0 aliphatic heterocycles. The summed E-state index contributed by atoms with van der Waals surface area (Å²) >= 11 is 0. The topological polar surface area (TPSA) is 93.2 Å². The van der Waals surface area contributed by atoms with Crippen molar-refractivity contribution >= 4 is 42.9 Å². The van der Waals surface area contributed by atoms with Gasteiger partial charge in [0.15, 0.2) is 0 Å². The van der Waals surface area contributed by atoms with Crippen molar-refractivity contribution in [2.24, 2.45) is 5.73 Å². The lowest BCUT2D eigenvalue weighted by Crippen LogP contribution is -2.30. The van der Waals surface area contributed by atoms with Crippen molar-refractivity contribution in [2.45, 2.75) is 6.54 Å². The lowest BCUT2D eigenvalue weighted by Gasteiger charge is -2.06. The van der Waals surface area contributed by atoms with Crippen LogP contribution in [0.25, 0.3) is 0 Å². The minimum atomic E-state index is -0.357. The smallest absolute Gasteiger partial charge is 0.273 e. The lowest BCUT2D eigenvalue weighted by molar-refractivity contribution is -0.385. The number of hydrogen-bond donors (Lipinski definition) is 3. The van der Waals surface area contributed by atoms with Gasteiger partial charge in [-0.25, -0.2) is 0 Å². The van der Waals surface area contributed by atoms with Gasteiger partial charge in [0.05, 0.1) is 4.92 Å². The van der Waals surface area contributed by atoms with Gasteiger partial charge >= 0.3 is 0 Å². The van der Waals surface area contributed by atoms with Gasteiger partial charge < -0.3 is 16.4 Å². The quantitative estimate of drug-likeness (QED) is 0.376. The van der Waals surface area contributed by atoms with Crippen molar-refractivity contribution in [1.29, 1.82) is 0 Å². The highest BCUT2D eigenvalue weighted by Crippen LogP contribution is 2.16. The Kier molecular flexibility index (Phi) is 18.0. The van der Waals surface area contributed by atoms with E-state index in [1.807, 2.05) is 0 Å². The molecule has 0 aliphatic carbocycles. The molecule has 1 aromatic carbocycles. The van der Waals surface area contributed by atoms with Gasteiger partial charge in [0.1, 0.15) is 0 Å². The highest BCUT2D eigenvalue weighted by Gasteiger charge is 2.10. The first kappa shape index (κ1) is 24.4. The van der Waals surface area contributed by atoms with E-state index in [-0.39, 0.29) is 47.8 Å². The molecular formula is C11H21Cl3N4O2. The van der Waals surface area contributed by atoms with Crippen LogP contribution in [0.3, 0.4) is 0 Å². The molecule has 0 unspecified atom stereocenters. The molecule has 0 heterocycles. The third-order valence-corrected chi connectivity index (χ3v) is 2.30. The van der Waals surface area contributed by atoms with Gasteiger partial charge in [0, 0.05) is 44.4 Å². The van der Waals surface area contributed by atoms with E-state index in [1.54, 1.807) is 18.2 Å². The summed E-state index contributed by atoms with van der Waals surface area (Å²) in [7, 11) is 0. The molecule has 1 aromatic rings. The van der Waals surface area contributed by atoms with Crippen LogP contribution in [0.2, 0.25) is 0 Å². The van der Waals surface area contributed by atoms with Crippen molar-refractivity contribution in [2.75, 3.05) is 26.2 Å². The Morgan fingerprint density at radius 3 is 2.25 bits per heavy atom. The maximum absolute atomic E-state index is 10.7. The first-order valence-electron chi connectivity index (χ1n) is 5.59. The average molecular weight is 348 g/mol. The highest BCUT2D eigenvalue weighted by atomic mass is 35.5. The van der Waals surface area contributed by atoms with Crippen LogP contribution in [0.1, 0.15) is 5.56 Å². The number of nitro benzene ring substituents is 1. The summed E-state index contributed by atoms with van der Waals surface area (Å²) in [5.74, 6) is 0. The largest absolute Gasteiger partial charge is 0.329 e. The average Bonchev–Trinajstić information content (AvgIpc) is 2.34. The van der Waals surface area contributed by atoms with Crippen LogP contribution >= 0.6 is 37.2 Å². The number of hydrogen-bond acceptors (Lipinski definition) is 5. The Labute approximate surface area is 137 Å². The molecule has 0 spiro atoms. The van der Waals surface area contributed by atoms with E-state index in [0.717, 1.165) is 19.6 Å². The number of nitro groups is 1. The molecule has 0 aromatic heterocycles. The third-order valence-electron chi connectivity index (χ3n) is 2.30. The lowest BCUT2D eigenvalue weighted by atomic mass is 10.2. The van der Waals surface area contributed by atoms with Crippen LogP contribution < -0.4 is 16.4 Å². The van der Waals surface area contributed by atoms with Gasteiger partial charge in [0.2, 0.25) is 0 Å². The van der Waals surface area contributed by atoms with Crippen molar-refractivity contribution < 1.29 is 4.92 Å². The van der Waals surface area contributed by atoms with E-state index >= 15 is 0 Å². The van der Waals surface area contributed by atoms with E-state index in [9.17, 15) is 10.1 Å². The van der Waals surface area contributed by atoms with E-state index < -0.39 is 0 Å². The first-order chi connectivity index (χ1) is 8.25. The second-order valence-electron chi connectivity index (χ2n) is 3.60. The third kappa shape index (κ3) is 9.30. The number of nitrogens with one attached hydrogen (secondary N) is 2. The van der Waals surface area contributed by atoms with Gasteiger partial charge in [-0.05, 0) is 0 Å². The normalized spacial score (nSPS) is 8.85. The maximum atomic E-state index is 10.7. The van der Waals surface area contributed by atoms with E-state index in [0.29, 0.717) is 18.7 Å². The van der Waals surface area contributed by atoms with Gasteiger partial charge in [-0.2, -0.15) is 0 Å². The summed E-state index contributed by atoms with van der Waals surface area (Å²) in [6, 6.07) is 6.75. The SMILES string of the molecule is Cl.Cl.Cl.NCCNCCNCc1ccccc1[N+](=O)[O-]. The van der Waals surface area contributed by atoms with Gasteiger partial charge in [-0.3, -0.25) is 10.1 Å². The van der Waals surface area contributed by atoms with Crippen LogP contribution in [0, 0.1) is 10.1 Å². The number of para-hydroxylation sites is 1. The van der Waals surface area contributed by atoms with Crippen LogP contribution in [0.15, 0.2) is 24.3 Å². The fourth-order valence-corrected chi connectivity index (χ4v) is 1.47. The molecule has 1 rings (SSSR count). The molecule has 0 radical (unpaired) electrons. The summed E-state index contributed by atoms with van der Waals surface area (Å²) in [6.07, 6.45) is 0. The number of nitrogens with two attached hydrogens (primary N) is 1. The summed E-state index contributed by atoms with van der Waals surface area (Å²) < 4.78 is 0. The Hall–Kier alpha value is -0.630. The number of rotatable bonds is 8. The Bertz CT molecular complexity index is 369. The van der Waals surface area contributed by atoms with Gasteiger partial charge in [-0.15, -0.1) is 37.2 Å². The molecule has 0 atom stereocenters. The second-order valence-corrected chi connectivity index (χ2v) is 3.60. The molecule has 20 heavy (non-hydrogen) atoms. The Morgan fingerprint density at radius 1 is 1.05 bits per heavy atom. The van der Waals surface area contributed by atoms with Crippen LogP contribution in [0.5, 0.6) is 0 Å². The Balaban J connectivity index is -0.000000963. The van der Waals surface area contributed by atoms with E-state index in [1.165, 1.54) is 6.07 Å². The molecule has 118 valence electrons. The van der Waals surface area contributed by atoms with Gasteiger partial charge in [0.25, 0.3) is 5.69 Å². The monoisotopic (exact) mass is 346 g/mol. The van der Waals surface area contributed by atoms with E-state index in [4.69, 9.17) is 5.73 Å². The standard InChI is InChI=1S/C11H18N4O2.3ClH/c12-5-6-13-7-8-14-9-10-3-1-2-4-11(10)15(16)17;;;/h1-4,13-14H,5-9,12H2;3*1H. The summed E-state index contributed by atoms with van der Waals surface area (Å²) in [6.45, 7) is 3.46. The molecule has 6 nitrogen and oxygen atoms in total. The van der Waals surface area contributed by atoms with Crippen LogP contribution in [0.4, 0.5) is 5.69 Å². The fraction of sp³-hybridized carbons (Fsp3) is 0.455. The zero-order valence-corrected chi connectivity index (χ0v) is 13.4. The zero-order chi connectivity index (χ0) is 12.5. The summed E-state index contributed by atoms with van der Waals surface area (Å²) in [5.41, 5.74) is 6.20. The van der Waals surface area contributed by atoms with Gasteiger partial charge in [-0.1, -0.05) is 18.2 Å². The first-order valence-corrected chi connectivity index (χ1v) is 5.59. The minimum Gasteiger partial charge on any atom is -0.329 e. The molecule has 0 saturated heterocycles. The van der Waals surface area contributed by atoms with Crippen LogP contribution in [-0.4, -0.2) is 31.1 Å². The molecule has 0 saturated carbocycles. The van der Waals surface area contributed by atoms with Crippen LogP contribution in [-0.2, 0) is 6.54 Å². The van der Waals surface area contributed by atoms with E-state index in [2.05, 4.69) is 10.6 Å². The molecule has 0 bridgehead atoms. The minimum absolute atomic E-state index is 0. The molecular weight excluding hydrogens is 327 g/mol. The molecule has 0 amide bonds. The molecule has 0 aliphatic rings. The maximum Gasteiger partial charge on any atom is 0.273 e. The summed E-state index contributed by atoms with van der Waals surface area (Å²) in [4.78, 5) is 10.4. The van der Waals surface area contributed by atoms with Crippen molar-refractivity contribution in [3.8, 4) is 0 Å². The highest BCUT2D eigenvalue weighted by molar-refractivity contribution is 5.86. The predicted molar refractivity (Wildman–Crippen MR) is 88.5 cm³/mol. The predicted octanol–water partition coefficient (Wildman–Crippen LogP) is 1.50. The molecule has 0 fully saturated rings. The second kappa shape index (κ2) is 14.8. The zero-order valence-electron chi connectivity index (χ0n) is 10.9.